The van der Waals surface area contributed by atoms with Crippen LogP contribution in [0.25, 0.3) is 10.9 Å². The SMILES string of the molecule is CCc1c[nH]c2ccccc12.Nc1c(C(F)(F)F)cc(NC2=C3CCC(O)C3=NCC2)cc1C(F)(F)F. The molecule has 2 aromatic carbocycles. The number of benzene rings is 2. The van der Waals surface area contributed by atoms with Gasteiger partial charge in [0.05, 0.1) is 28.6 Å². The summed E-state index contributed by atoms with van der Waals surface area (Å²) in [7, 11) is 0. The number of aliphatic hydroxyl groups is 1. The van der Waals surface area contributed by atoms with Gasteiger partial charge >= 0.3 is 12.4 Å². The maximum atomic E-state index is 13.1. The molecule has 1 unspecified atom stereocenters. The number of dihydropyridines is 1. The lowest BCUT2D eigenvalue weighted by Gasteiger charge is -2.22. The van der Waals surface area contributed by atoms with Crippen LogP contribution in [0.2, 0.25) is 0 Å². The molecule has 0 radical (unpaired) electrons. The van der Waals surface area contributed by atoms with Crippen molar-refractivity contribution in [3.63, 3.8) is 0 Å². The fourth-order valence-corrected chi connectivity index (χ4v) is 4.62. The first-order valence-electron chi connectivity index (χ1n) is 11.7. The average molecular weight is 525 g/mol. The molecule has 0 spiro atoms. The van der Waals surface area contributed by atoms with E-state index >= 15 is 0 Å². The molecule has 5 N–H and O–H groups in total. The van der Waals surface area contributed by atoms with Crippen LogP contribution in [-0.2, 0) is 18.8 Å². The highest BCUT2D eigenvalue weighted by Gasteiger charge is 2.41. The molecule has 1 fully saturated rings. The summed E-state index contributed by atoms with van der Waals surface area (Å²) in [5, 5.41) is 13.9. The van der Waals surface area contributed by atoms with Crippen molar-refractivity contribution in [1.29, 1.82) is 0 Å². The van der Waals surface area contributed by atoms with Crippen LogP contribution in [0.1, 0.15) is 42.9 Å². The first kappa shape index (κ1) is 26.6. The quantitative estimate of drug-likeness (QED) is 0.227. The minimum absolute atomic E-state index is 0.297. The molecule has 37 heavy (non-hydrogen) atoms. The van der Waals surface area contributed by atoms with Gasteiger partial charge in [0.15, 0.2) is 0 Å². The number of para-hydroxylation sites is 1. The molecule has 2 heterocycles. The van der Waals surface area contributed by atoms with Crippen LogP contribution >= 0.6 is 0 Å². The monoisotopic (exact) mass is 524 g/mol. The van der Waals surface area contributed by atoms with E-state index < -0.39 is 35.3 Å². The minimum atomic E-state index is -5.03. The third kappa shape index (κ3) is 5.61. The zero-order chi connectivity index (χ0) is 27.0. The van der Waals surface area contributed by atoms with E-state index in [9.17, 15) is 31.4 Å². The Morgan fingerprint density at radius 3 is 2.32 bits per heavy atom. The van der Waals surface area contributed by atoms with Gasteiger partial charge in [-0.1, -0.05) is 25.1 Å². The number of halogens is 6. The topological polar surface area (TPSA) is 86.4 Å². The van der Waals surface area contributed by atoms with Crippen molar-refractivity contribution < 1.29 is 31.4 Å². The number of alkyl halides is 6. The maximum absolute atomic E-state index is 13.1. The highest BCUT2D eigenvalue weighted by atomic mass is 19.4. The van der Waals surface area contributed by atoms with Gasteiger partial charge in [0.1, 0.15) is 0 Å². The molecule has 0 saturated heterocycles. The standard InChI is InChI=1S/C16H15F6N3O.C10H11N/c17-15(18,19)9-5-7(6-10(13(9)23)16(20,21)22)25-11-3-4-24-14-8(11)1-2-12(14)26;1-2-8-7-11-10-6-4-3-5-9(8)10/h5-6,12,25-26H,1-4,23H2;3-7,11H,2H2,1H3. The summed E-state index contributed by atoms with van der Waals surface area (Å²) in [6, 6.07) is 9.52. The van der Waals surface area contributed by atoms with Gasteiger partial charge in [-0.15, -0.1) is 0 Å². The van der Waals surface area contributed by atoms with E-state index in [2.05, 4.69) is 52.7 Å². The third-order valence-electron chi connectivity index (χ3n) is 6.44. The number of nitrogens with one attached hydrogen (secondary N) is 2. The van der Waals surface area contributed by atoms with Crippen molar-refractivity contribution in [3.05, 3.63) is 70.6 Å². The third-order valence-corrected chi connectivity index (χ3v) is 6.44. The van der Waals surface area contributed by atoms with Gasteiger partial charge in [0, 0.05) is 41.4 Å². The Kier molecular flexibility index (Phi) is 7.27. The Morgan fingerprint density at radius 2 is 1.70 bits per heavy atom. The number of anilines is 2. The summed E-state index contributed by atoms with van der Waals surface area (Å²) in [4.78, 5) is 7.42. The molecule has 2 aliphatic rings. The first-order chi connectivity index (χ1) is 17.4. The lowest BCUT2D eigenvalue weighted by molar-refractivity contribution is -0.141. The minimum Gasteiger partial charge on any atom is -0.398 e. The highest BCUT2D eigenvalue weighted by Crippen LogP contribution is 2.43. The van der Waals surface area contributed by atoms with Gasteiger partial charge in [-0.05, 0) is 48.6 Å². The summed E-state index contributed by atoms with van der Waals surface area (Å²) in [6.45, 7) is 2.47. The second kappa shape index (κ2) is 10.1. The van der Waals surface area contributed by atoms with Gasteiger partial charge in [0.2, 0.25) is 0 Å². The average Bonchev–Trinajstić information content (AvgIpc) is 3.43. The number of aromatic nitrogens is 1. The molecular weight excluding hydrogens is 498 g/mol. The van der Waals surface area contributed by atoms with Crippen molar-refractivity contribution >= 4 is 28.0 Å². The van der Waals surface area contributed by atoms with Gasteiger partial charge in [0.25, 0.3) is 0 Å². The van der Waals surface area contributed by atoms with E-state index in [4.69, 9.17) is 5.73 Å². The Hall–Kier alpha value is -3.47. The molecule has 198 valence electrons. The van der Waals surface area contributed by atoms with E-state index in [0.717, 1.165) is 6.42 Å². The largest absolute Gasteiger partial charge is 0.418 e. The van der Waals surface area contributed by atoms with E-state index in [1.807, 2.05) is 0 Å². The summed E-state index contributed by atoms with van der Waals surface area (Å²) >= 11 is 0. The normalized spacial score (nSPS) is 17.8. The number of H-pyrrole nitrogens is 1. The number of nitrogens with zero attached hydrogens (tertiary/aromatic N) is 1. The van der Waals surface area contributed by atoms with Crippen molar-refractivity contribution in [2.75, 3.05) is 17.6 Å². The van der Waals surface area contributed by atoms with Crippen LogP contribution in [0.5, 0.6) is 0 Å². The van der Waals surface area contributed by atoms with Gasteiger partial charge in [-0.25, -0.2) is 0 Å². The molecule has 5 nitrogen and oxygen atoms in total. The lowest BCUT2D eigenvalue weighted by atomic mass is 10.0. The molecule has 0 amide bonds. The van der Waals surface area contributed by atoms with Crippen LogP contribution in [0, 0.1) is 0 Å². The summed E-state index contributed by atoms with van der Waals surface area (Å²) < 4.78 is 78.6. The number of aromatic amines is 1. The number of rotatable bonds is 3. The van der Waals surface area contributed by atoms with Crippen LogP contribution in [0.15, 0.2) is 58.9 Å². The van der Waals surface area contributed by atoms with Crippen molar-refractivity contribution in [1.82, 2.24) is 4.98 Å². The molecule has 1 aromatic heterocycles. The second-order valence-corrected chi connectivity index (χ2v) is 8.85. The fraction of sp³-hybridized carbons (Fsp3) is 0.346. The highest BCUT2D eigenvalue weighted by molar-refractivity contribution is 6.06. The fourth-order valence-electron chi connectivity index (χ4n) is 4.62. The van der Waals surface area contributed by atoms with Crippen LogP contribution in [-0.4, -0.2) is 28.5 Å². The molecular formula is C26H26F6N4O. The predicted octanol–water partition coefficient (Wildman–Crippen LogP) is 6.70. The van der Waals surface area contributed by atoms with Gasteiger partial charge in [-0.3, -0.25) is 4.99 Å². The van der Waals surface area contributed by atoms with Gasteiger partial charge in [-0.2, -0.15) is 26.3 Å². The Morgan fingerprint density at radius 1 is 1.05 bits per heavy atom. The van der Waals surface area contributed by atoms with E-state index in [1.54, 1.807) is 0 Å². The lowest BCUT2D eigenvalue weighted by Crippen LogP contribution is -2.21. The zero-order valence-corrected chi connectivity index (χ0v) is 19.9. The molecule has 1 saturated carbocycles. The molecule has 3 aromatic rings. The number of aliphatic imine (C=N–C) groups is 1. The summed E-state index contributed by atoms with van der Waals surface area (Å²) in [6.07, 6.45) is -6.42. The Bertz CT molecular complexity index is 1320. The second-order valence-electron chi connectivity index (χ2n) is 8.85. The molecule has 1 aliphatic carbocycles. The van der Waals surface area contributed by atoms with Crippen LogP contribution in [0.3, 0.4) is 0 Å². The summed E-state index contributed by atoms with van der Waals surface area (Å²) in [5.41, 5.74) is 4.53. The number of fused-ring (bicyclic) bond motifs is 2. The van der Waals surface area contributed by atoms with Crippen molar-refractivity contribution in [2.24, 2.45) is 4.99 Å². The van der Waals surface area contributed by atoms with Crippen molar-refractivity contribution in [3.8, 4) is 0 Å². The Labute approximate surface area is 209 Å². The Balaban J connectivity index is 0.000000241. The van der Waals surface area contributed by atoms with Gasteiger partial charge < -0.3 is 21.1 Å². The number of nitrogens with two attached hydrogens (primary N) is 1. The number of aliphatic hydroxyl groups excluding tert-OH is 1. The predicted molar refractivity (Wildman–Crippen MR) is 131 cm³/mol. The molecule has 11 heteroatoms. The molecule has 5 rings (SSSR count). The molecule has 0 bridgehead atoms. The number of aryl methyl sites for hydroxylation is 1. The van der Waals surface area contributed by atoms with Crippen molar-refractivity contribution in [2.45, 2.75) is 51.1 Å². The first-order valence-corrected chi connectivity index (χ1v) is 11.7. The molecule has 1 atom stereocenters. The number of hydrogen-bond acceptors (Lipinski definition) is 4. The zero-order valence-electron chi connectivity index (χ0n) is 19.9. The van der Waals surface area contributed by atoms with E-state index in [1.165, 1.54) is 16.5 Å². The smallest absolute Gasteiger partial charge is 0.398 e. The van der Waals surface area contributed by atoms with Crippen LogP contribution in [0.4, 0.5) is 37.7 Å². The van der Waals surface area contributed by atoms with E-state index in [0.29, 0.717) is 54.9 Å². The maximum Gasteiger partial charge on any atom is 0.418 e. The number of hydrogen-bond donors (Lipinski definition) is 4. The molecule has 1 aliphatic heterocycles. The number of nitrogen functional groups attached to an aromatic ring is 1. The van der Waals surface area contributed by atoms with E-state index in [-0.39, 0.29) is 5.69 Å². The summed E-state index contributed by atoms with van der Waals surface area (Å²) in [5.74, 6) is 0. The van der Waals surface area contributed by atoms with Crippen LogP contribution < -0.4 is 11.1 Å².